The van der Waals surface area contributed by atoms with Crippen molar-refractivity contribution in [2.24, 2.45) is 0 Å². The number of hydrogen-bond donors (Lipinski definition) is 0. The molecule has 2 heteroatoms. The lowest BCUT2D eigenvalue weighted by Gasteiger charge is -1.97. The van der Waals surface area contributed by atoms with Crippen molar-refractivity contribution in [2.45, 2.75) is 33.1 Å². The molecule has 0 aromatic heterocycles. The zero-order chi connectivity index (χ0) is 12.7. The third-order valence-corrected chi connectivity index (χ3v) is 2.56. The van der Waals surface area contributed by atoms with Crippen LogP contribution in [0, 0.1) is 0 Å². The summed E-state index contributed by atoms with van der Waals surface area (Å²) in [5.41, 5.74) is 1.64. The van der Waals surface area contributed by atoms with Crippen LogP contribution < -0.4 is 0 Å². The van der Waals surface area contributed by atoms with Crippen LogP contribution in [0.5, 0.6) is 0 Å². The number of carbonyl (C=O) groups is 2. The first kappa shape index (κ1) is 13.4. The molecule has 0 atom stereocenters. The maximum Gasteiger partial charge on any atom is 0.159 e. The Morgan fingerprint density at radius 1 is 1.18 bits per heavy atom. The molecule has 0 unspecified atom stereocenters. The highest BCUT2D eigenvalue weighted by Crippen LogP contribution is 2.07. The molecule has 0 aliphatic carbocycles. The average Bonchev–Trinajstić information content (AvgIpc) is 2.34. The number of hydrogen-bond acceptors (Lipinski definition) is 2. The molecule has 0 N–H and O–H groups in total. The predicted octanol–water partition coefficient (Wildman–Crippen LogP) is 3.66. The minimum absolute atomic E-state index is 0.0551. The summed E-state index contributed by atoms with van der Waals surface area (Å²) in [5.74, 6) is 0.210. The largest absolute Gasteiger partial charge is 0.295 e. The summed E-state index contributed by atoms with van der Waals surface area (Å²) in [7, 11) is 0. The van der Waals surface area contributed by atoms with Crippen molar-refractivity contribution < 1.29 is 9.59 Å². The molecular weight excluding hydrogens is 212 g/mol. The van der Waals surface area contributed by atoms with E-state index in [1.807, 2.05) is 12.1 Å². The second-order valence-electron chi connectivity index (χ2n) is 4.08. The number of Topliss-reactive ketones (excluding diaryl/α,β-unsaturated/α-hetero) is 1. The van der Waals surface area contributed by atoms with Gasteiger partial charge in [0.15, 0.2) is 11.6 Å². The average molecular weight is 230 g/mol. The van der Waals surface area contributed by atoms with Crippen molar-refractivity contribution in [3.8, 4) is 0 Å². The molecule has 2 nitrogen and oxygen atoms in total. The lowest BCUT2D eigenvalue weighted by Crippen LogP contribution is -1.92. The van der Waals surface area contributed by atoms with Crippen LogP contribution in [-0.2, 0) is 4.79 Å². The summed E-state index contributed by atoms with van der Waals surface area (Å²) < 4.78 is 0. The summed E-state index contributed by atoms with van der Waals surface area (Å²) in [6.45, 7) is 3.61. The molecule has 1 aromatic rings. The first-order chi connectivity index (χ1) is 8.13. The van der Waals surface area contributed by atoms with E-state index >= 15 is 0 Å². The molecule has 90 valence electrons. The summed E-state index contributed by atoms with van der Waals surface area (Å²) in [5, 5.41) is 0. The van der Waals surface area contributed by atoms with Crippen LogP contribution in [0.25, 0.3) is 6.08 Å². The van der Waals surface area contributed by atoms with Crippen molar-refractivity contribution in [1.29, 1.82) is 0 Å². The molecule has 0 saturated heterocycles. The van der Waals surface area contributed by atoms with Gasteiger partial charge in [-0.1, -0.05) is 43.7 Å². The van der Waals surface area contributed by atoms with E-state index in [2.05, 4.69) is 6.92 Å². The van der Waals surface area contributed by atoms with Gasteiger partial charge in [0.25, 0.3) is 0 Å². The maximum atomic E-state index is 11.4. The van der Waals surface area contributed by atoms with Crippen LogP contribution >= 0.6 is 0 Å². The summed E-state index contributed by atoms with van der Waals surface area (Å²) in [6.07, 6.45) is 5.98. The molecule has 0 amide bonds. The van der Waals surface area contributed by atoms with Gasteiger partial charge in [-0.3, -0.25) is 9.59 Å². The van der Waals surface area contributed by atoms with Crippen molar-refractivity contribution in [3.63, 3.8) is 0 Å². The van der Waals surface area contributed by atoms with E-state index in [4.69, 9.17) is 0 Å². The lowest BCUT2D eigenvalue weighted by molar-refractivity contribution is -0.114. The van der Waals surface area contributed by atoms with Gasteiger partial charge in [-0.25, -0.2) is 0 Å². The molecule has 0 bridgehead atoms. The molecule has 0 aliphatic heterocycles. The van der Waals surface area contributed by atoms with Gasteiger partial charge in [0.2, 0.25) is 0 Å². The zero-order valence-corrected chi connectivity index (χ0v) is 10.4. The number of benzene rings is 1. The predicted molar refractivity (Wildman–Crippen MR) is 70.0 cm³/mol. The smallest absolute Gasteiger partial charge is 0.159 e. The van der Waals surface area contributed by atoms with E-state index in [0.29, 0.717) is 12.0 Å². The van der Waals surface area contributed by atoms with Gasteiger partial charge >= 0.3 is 0 Å². The third-order valence-electron chi connectivity index (χ3n) is 2.56. The van der Waals surface area contributed by atoms with E-state index in [0.717, 1.165) is 18.4 Å². The summed E-state index contributed by atoms with van der Waals surface area (Å²) in [4.78, 5) is 22.5. The van der Waals surface area contributed by atoms with Crippen LogP contribution in [0.3, 0.4) is 0 Å². The fourth-order valence-corrected chi connectivity index (χ4v) is 1.45. The monoisotopic (exact) mass is 230 g/mol. The van der Waals surface area contributed by atoms with Gasteiger partial charge in [-0.15, -0.1) is 0 Å². The molecule has 0 spiro atoms. The van der Waals surface area contributed by atoms with Crippen molar-refractivity contribution in [2.75, 3.05) is 0 Å². The molecule has 1 rings (SSSR count). The minimum atomic E-state index is 0.0551. The molecule has 17 heavy (non-hydrogen) atoms. The molecule has 0 saturated carbocycles. The number of rotatable bonds is 6. The van der Waals surface area contributed by atoms with E-state index in [-0.39, 0.29) is 11.6 Å². The van der Waals surface area contributed by atoms with Crippen molar-refractivity contribution in [1.82, 2.24) is 0 Å². The van der Waals surface area contributed by atoms with Gasteiger partial charge in [0.05, 0.1) is 0 Å². The van der Waals surface area contributed by atoms with Gasteiger partial charge in [0, 0.05) is 12.0 Å². The topological polar surface area (TPSA) is 34.1 Å². The van der Waals surface area contributed by atoms with E-state index < -0.39 is 0 Å². The Kier molecular flexibility index (Phi) is 5.34. The highest BCUT2D eigenvalue weighted by molar-refractivity contribution is 5.95. The number of unbranched alkanes of at least 4 members (excludes halogenated alkanes) is 1. The van der Waals surface area contributed by atoms with Crippen LogP contribution in [0.2, 0.25) is 0 Å². The Morgan fingerprint density at radius 2 is 1.82 bits per heavy atom. The molecule has 0 aliphatic rings. The SMILES string of the molecule is CCCCC(=O)/C=C/c1ccc(C(C)=O)cc1. The first-order valence-corrected chi connectivity index (χ1v) is 5.95. The lowest BCUT2D eigenvalue weighted by atomic mass is 10.1. The van der Waals surface area contributed by atoms with E-state index in [1.165, 1.54) is 0 Å². The molecule has 0 radical (unpaired) electrons. The van der Waals surface area contributed by atoms with Crippen molar-refractivity contribution in [3.05, 3.63) is 41.5 Å². The Balaban J connectivity index is 2.59. The van der Waals surface area contributed by atoms with Crippen LogP contribution in [-0.4, -0.2) is 11.6 Å². The number of ketones is 2. The standard InChI is InChI=1S/C15H18O2/c1-3-4-5-15(17)11-8-13-6-9-14(10-7-13)12(2)16/h6-11H,3-5H2,1-2H3/b11-8+. The fourth-order valence-electron chi connectivity index (χ4n) is 1.45. The minimum Gasteiger partial charge on any atom is -0.295 e. The number of allylic oxidation sites excluding steroid dienone is 1. The van der Waals surface area contributed by atoms with Crippen molar-refractivity contribution >= 4 is 17.6 Å². The Labute approximate surface area is 102 Å². The van der Waals surface area contributed by atoms with Crippen LogP contribution in [0.15, 0.2) is 30.3 Å². The fraction of sp³-hybridized carbons (Fsp3) is 0.333. The van der Waals surface area contributed by atoms with E-state index in [9.17, 15) is 9.59 Å². The van der Waals surface area contributed by atoms with Gasteiger partial charge in [-0.2, -0.15) is 0 Å². The molecular formula is C15H18O2. The first-order valence-electron chi connectivity index (χ1n) is 5.95. The normalized spacial score (nSPS) is 10.7. The number of carbonyl (C=O) groups excluding carboxylic acids is 2. The van der Waals surface area contributed by atoms with Crippen LogP contribution in [0.1, 0.15) is 49.0 Å². The second kappa shape index (κ2) is 6.79. The highest BCUT2D eigenvalue weighted by Gasteiger charge is 1.98. The van der Waals surface area contributed by atoms with Gasteiger partial charge in [0.1, 0.15) is 0 Å². The third kappa shape index (κ3) is 4.77. The van der Waals surface area contributed by atoms with E-state index in [1.54, 1.807) is 31.2 Å². The van der Waals surface area contributed by atoms with Gasteiger partial charge < -0.3 is 0 Å². The molecule has 1 aromatic carbocycles. The van der Waals surface area contributed by atoms with Gasteiger partial charge in [-0.05, 0) is 25.0 Å². The second-order valence-corrected chi connectivity index (χ2v) is 4.08. The maximum absolute atomic E-state index is 11.4. The highest BCUT2D eigenvalue weighted by atomic mass is 16.1. The molecule has 0 fully saturated rings. The summed E-state index contributed by atoms with van der Waals surface area (Å²) >= 11 is 0. The summed E-state index contributed by atoms with van der Waals surface area (Å²) in [6, 6.07) is 7.25. The Hall–Kier alpha value is -1.70. The molecule has 0 heterocycles. The quantitative estimate of drug-likeness (QED) is 0.552. The van der Waals surface area contributed by atoms with Crippen LogP contribution in [0.4, 0.5) is 0 Å². The Bertz CT molecular complexity index is 413. The Morgan fingerprint density at radius 3 is 2.35 bits per heavy atom. The zero-order valence-electron chi connectivity index (χ0n) is 10.4.